The smallest absolute Gasteiger partial charge is 0.242 e. The number of aromatic amines is 1. The molecule has 2 rings (SSSR count). The molecule has 84 valence electrons. The normalized spacial score (nSPS) is 10.2. The summed E-state index contributed by atoms with van der Waals surface area (Å²) in [4.78, 5) is 15.3. The van der Waals surface area contributed by atoms with Crippen molar-refractivity contribution in [2.45, 2.75) is 13.1 Å². The molecule has 8 nitrogen and oxygen atoms in total. The molecule has 0 aliphatic heterocycles. The van der Waals surface area contributed by atoms with Gasteiger partial charge in [0.15, 0.2) is 0 Å². The highest BCUT2D eigenvalue weighted by molar-refractivity contribution is 5.75. The second-order valence-corrected chi connectivity index (χ2v) is 3.18. The fourth-order valence-electron chi connectivity index (χ4n) is 1.17. The molecule has 4 N–H and O–H groups in total. The van der Waals surface area contributed by atoms with Crippen molar-refractivity contribution in [2.24, 2.45) is 0 Å². The highest BCUT2D eigenvalue weighted by Crippen LogP contribution is 1.97. The lowest BCUT2D eigenvalue weighted by atomic mass is 10.5. The second-order valence-electron chi connectivity index (χ2n) is 3.18. The highest BCUT2D eigenvalue weighted by Gasteiger charge is 2.04. The van der Waals surface area contributed by atoms with Crippen LogP contribution in [0.3, 0.4) is 0 Å². The number of anilines is 1. The van der Waals surface area contributed by atoms with E-state index in [4.69, 9.17) is 5.73 Å². The van der Waals surface area contributed by atoms with Gasteiger partial charge in [-0.15, -0.1) is 0 Å². The molecule has 1 amide bonds. The molecule has 2 heterocycles. The Labute approximate surface area is 90.9 Å². The van der Waals surface area contributed by atoms with Crippen LogP contribution in [0.25, 0.3) is 0 Å². The molecule has 0 aromatic carbocycles. The fraction of sp³-hybridized carbons (Fsp3) is 0.250. The maximum atomic E-state index is 11.4. The maximum Gasteiger partial charge on any atom is 0.242 e. The molecule has 2 aromatic rings. The van der Waals surface area contributed by atoms with E-state index < -0.39 is 0 Å². The van der Waals surface area contributed by atoms with Gasteiger partial charge in [0.25, 0.3) is 0 Å². The van der Waals surface area contributed by atoms with E-state index in [1.807, 2.05) is 0 Å². The van der Waals surface area contributed by atoms with Gasteiger partial charge >= 0.3 is 0 Å². The van der Waals surface area contributed by atoms with Crippen molar-refractivity contribution in [1.82, 2.24) is 30.3 Å². The van der Waals surface area contributed by atoms with Gasteiger partial charge in [0.1, 0.15) is 18.7 Å². The van der Waals surface area contributed by atoms with E-state index in [0.717, 1.165) is 0 Å². The van der Waals surface area contributed by atoms with Gasteiger partial charge in [0.05, 0.1) is 18.4 Å². The van der Waals surface area contributed by atoms with Crippen LogP contribution < -0.4 is 11.1 Å². The van der Waals surface area contributed by atoms with Crippen molar-refractivity contribution < 1.29 is 4.79 Å². The van der Waals surface area contributed by atoms with Crippen molar-refractivity contribution >= 4 is 11.6 Å². The number of carbonyl (C=O) groups is 1. The van der Waals surface area contributed by atoms with Crippen molar-refractivity contribution in [1.29, 1.82) is 0 Å². The zero-order valence-corrected chi connectivity index (χ0v) is 8.42. The largest absolute Gasteiger partial charge is 0.396 e. The quantitative estimate of drug-likeness (QED) is 0.606. The second kappa shape index (κ2) is 4.43. The monoisotopic (exact) mass is 221 g/mol. The van der Waals surface area contributed by atoms with E-state index >= 15 is 0 Å². The molecule has 0 aliphatic rings. The lowest BCUT2D eigenvalue weighted by molar-refractivity contribution is -0.122. The summed E-state index contributed by atoms with van der Waals surface area (Å²) in [6, 6.07) is 0. The topological polar surface area (TPSA) is 115 Å². The summed E-state index contributed by atoms with van der Waals surface area (Å²) in [5.74, 6) is 0.438. The molecule has 0 atom stereocenters. The van der Waals surface area contributed by atoms with Gasteiger partial charge < -0.3 is 11.1 Å². The van der Waals surface area contributed by atoms with Gasteiger partial charge in [-0.1, -0.05) is 0 Å². The standard InChI is InChI=1S/C8H11N7O/c9-6-1-13-15(3-6)4-8(16)10-2-7-11-5-12-14-7/h1,3,5H,2,4,9H2,(H,10,16)(H,11,12,14). The van der Waals surface area contributed by atoms with E-state index in [1.54, 1.807) is 6.20 Å². The van der Waals surface area contributed by atoms with Gasteiger partial charge in [0, 0.05) is 6.20 Å². The Morgan fingerprint density at radius 2 is 2.50 bits per heavy atom. The fourth-order valence-corrected chi connectivity index (χ4v) is 1.17. The SMILES string of the molecule is Nc1cnn(CC(=O)NCc2ncn[nH]2)c1. The van der Waals surface area contributed by atoms with Crippen LogP contribution in [0.2, 0.25) is 0 Å². The summed E-state index contributed by atoms with van der Waals surface area (Å²) in [5.41, 5.74) is 6.00. The lowest BCUT2D eigenvalue weighted by Gasteiger charge is -2.02. The number of nitrogen functional groups attached to an aromatic ring is 1. The van der Waals surface area contributed by atoms with E-state index in [1.165, 1.54) is 17.2 Å². The number of H-pyrrole nitrogens is 1. The molecule has 2 aromatic heterocycles. The van der Waals surface area contributed by atoms with Gasteiger partial charge in [-0.05, 0) is 0 Å². The van der Waals surface area contributed by atoms with Crippen molar-refractivity contribution in [3.05, 3.63) is 24.5 Å². The Morgan fingerprint density at radius 3 is 3.12 bits per heavy atom. The minimum Gasteiger partial charge on any atom is -0.396 e. The summed E-state index contributed by atoms with van der Waals surface area (Å²) in [7, 11) is 0. The van der Waals surface area contributed by atoms with Crippen LogP contribution in [0, 0.1) is 0 Å². The summed E-state index contributed by atoms with van der Waals surface area (Å²) in [6.45, 7) is 0.445. The van der Waals surface area contributed by atoms with E-state index in [9.17, 15) is 4.79 Å². The third-order valence-electron chi connectivity index (χ3n) is 1.88. The molecule has 0 bridgehead atoms. The number of hydrogen-bond acceptors (Lipinski definition) is 5. The van der Waals surface area contributed by atoms with Gasteiger partial charge in [-0.25, -0.2) is 4.98 Å². The van der Waals surface area contributed by atoms with Crippen LogP contribution in [0.4, 0.5) is 5.69 Å². The Kier molecular flexibility index (Phi) is 2.81. The maximum absolute atomic E-state index is 11.4. The van der Waals surface area contributed by atoms with Crippen LogP contribution in [0.1, 0.15) is 5.82 Å². The number of nitrogens with zero attached hydrogens (tertiary/aromatic N) is 4. The Bertz CT molecular complexity index is 460. The average Bonchev–Trinajstić information content (AvgIpc) is 2.87. The van der Waals surface area contributed by atoms with Crippen molar-refractivity contribution in [3.8, 4) is 0 Å². The van der Waals surface area contributed by atoms with Crippen molar-refractivity contribution in [3.63, 3.8) is 0 Å². The third kappa shape index (κ3) is 2.56. The molecule has 0 spiro atoms. The number of hydrogen-bond donors (Lipinski definition) is 3. The summed E-state index contributed by atoms with van der Waals surface area (Å²) in [5, 5.41) is 12.9. The predicted octanol–water partition coefficient (Wildman–Crippen LogP) is -1.10. The van der Waals surface area contributed by atoms with Crippen molar-refractivity contribution in [2.75, 3.05) is 5.73 Å². The Balaban J connectivity index is 1.81. The molecular weight excluding hydrogens is 210 g/mol. The number of aromatic nitrogens is 5. The minimum absolute atomic E-state index is 0.130. The molecular formula is C8H11N7O. The molecule has 0 unspecified atom stereocenters. The van der Waals surface area contributed by atoms with Crippen LogP contribution >= 0.6 is 0 Å². The number of nitrogens with two attached hydrogens (primary N) is 1. The molecule has 8 heteroatoms. The minimum atomic E-state index is -0.167. The molecule has 16 heavy (non-hydrogen) atoms. The van der Waals surface area contributed by atoms with Gasteiger partial charge in [0.2, 0.25) is 5.91 Å². The zero-order valence-electron chi connectivity index (χ0n) is 8.42. The van der Waals surface area contributed by atoms with Crippen LogP contribution in [0.15, 0.2) is 18.7 Å². The Morgan fingerprint density at radius 1 is 1.62 bits per heavy atom. The molecule has 0 aliphatic carbocycles. The Hall–Kier alpha value is -2.38. The van der Waals surface area contributed by atoms with Crippen LogP contribution in [-0.2, 0) is 17.9 Å². The number of amides is 1. The number of rotatable bonds is 4. The van der Waals surface area contributed by atoms with E-state index in [2.05, 4.69) is 25.6 Å². The number of nitrogens with one attached hydrogen (secondary N) is 2. The number of carbonyl (C=O) groups excluding carboxylic acids is 1. The molecule has 0 saturated heterocycles. The molecule has 0 fully saturated rings. The average molecular weight is 221 g/mol. The lowest BCUT2D eigenvalue weighted by Crippen LogP contribution is -2.27. The first kappa shape index (κ1) is 10.1. The van der Waals surface area contributed by atoms with E-state index in [-0.39, 0.29) is 12.5 Å². The van der Waals surface area contributed by atoms with E-state index in [0.29, 0.717) is 18.1 Å². The summed E-state index contributed by atoms with van der Waals surface area (Å²) >= 11 is 0. The zero-order chi connectivity index (χ0) is 11.4. The highest BCUT2D eigenvalue weighted by atomic mass is 16.2. The summed E-state index contributed by atoms with van der Waals surface area (Å²) in [6.07, 6.45) is 4.47. The first-order valence-electron chi connectivity index (χ1n) is 4.63. The summed E-state index contributed by atoms with van der Waals surface area (Å²) < 4.78 is 1.46. The van der Waals surface area contributed by atoms with Crippen LogP contribution in [-0.4, -0.2) is 30.9 Å². The first-order chi connectivity index (χ1) is 7.74. The molecule has 0 saturated carbocycles. The predicted molar refractivity (Wildman–Crippen MR) is 54.9 cm³/mol. The van der Waals surface area contributed by atoms with Crippen LogP contribution in [0.5, 0.6) is 0 Å². The first-order valence-corrected chi connectivity index (χ1v) is 4.63. The van der Waals surface area contributed by atoms with Gasteiger partial charge in [-0.3, -0.25) is 14.6 Å². The third-order valence-corrected chi connectivity index (χ3v) is 1.88. The van der Waals surface area contributed by atoms with Gasteiger partial charge in [-0.2, -0.15) is 10.2 Å². The molecule has 0 radical (unpaired) electrons.